The van der Waals surface area contributed by atoms with E-state index in [1.165, 1.54) is 26.4 Å². The summed E-state index contributed by atoms with van der Waals surface area (Å²) < 4.78 is 37.2. The van der Waals surface area contributed by atoms with E-state index in [0.717, 1.165) is 0 Å². The van der Waals surface area contributed by atoms with Crippen molar-refractivity contribution in [1.29, 1.82) is 0 Å². The molecular weight excluding hydrogens is 228 g/mol. The maximum absolute atomic E-state index is 13.7. The van der Waals surface area contributed by atoms with Crippen LogP contribution in [0.25, 0.3) is 0 Å². The van der Waals surface area contributed by atoms with Gasteiger partial charge in [-0.3, -0.25) is 0 Å². The van der Waals surface area contributed by atoms with Crippen LogP contribution in [-0.2, 0) is 10.7 Å². The van der Waals surface area contributed by atoms with Gasteiger partial charge in [-0.05, 0) is 12.1 Å². The van der Waals surface area contributed by atoms with Crippen LogP contribution >= 0.6 is 0 Å². The van der Waals surface area contributed by atoms with E-state index in [0.29, 0.717) is 18.9 Å². The Labute approximate surface area is 99.7 Å². The Bertz CT molecular complexity index is 345. The van der Waals surface area contributed by atoms with E-state index in [4.69, 9.17) is 9.47 Å². The van der Waals surface area contributed by atoms with E-state index in [9.17, 15) is 8.78 Å². The Morgan fingerprint density at radius 1 is 1.29 bits per heavy atom. The van der Waals surface area contributed by atoms with Gasteiger partial charge in [0.15, 0.2) is 0 Å². The molecule has 3 nitrogen and oxygen atoms in total. The van der Waals surface area contributed by atoms with Gasteiger partial charge >= 0.3 is 0 Å². The second-order valence-corrected chi connectivity index (χ2v) is 3.61. The molecule has 96 valence electrons. The summed E-state index contributed by atoms with van der Waals surface area (Å²) in [7, 11) is 2.98. The first-order chi connectivity index (χ1) is 8.10. The quantitative estimate of drug-likeness (QED) is 0.745. The van der Waals surface area contributed by atoms with Gasteiger partial charge in [0, 0.05) is 19.2 Å². The average molecular weight is 245 g/mol. The van der Waals surface area contributed by atoms with Crippen LogP contribution in [0.5, 0.6) is 5.75 Å². The number of methoxy groups -OCH3 is 2. The number of hydrogen-bond donors (Lipinski definition) is 1. The zero-order chi connectivity index (χ0) is 12.7. The third kappa shape index (κ3) is 4.28. The number of rotatable bonds is 7. The highest BCUT2D eigenvalue weighted by Crippen LogP contribution is 2.29. The van der Waals surface area contributed by atoms with Crippen LogP contribution < -0.4 is 10.1 Å². The predicted octanol–water partition coefficient (Wildman–Crippen LogP) is 2.02. The Morgan fingerprint density at radius 2 is 2.06 bits per heavy atom. The summed E-state index contributed by atoms with van der Waals surface area (Å²) in [5.74, 6) is -2.48. The summed E-state index contributed by atoms with van der Waals surface area (Å²) in [6.07, 6.45) is 0. The molecule has 1 rings (SSSR count). The van der Waals surface area contributed by atoms with Crippen molar-refractivity contribution in [1.82, 2.24) is 5.32 Å². The molecule has 1 N–H and O–H groups in total. The number of ether oxygens (including phenoxy) is 2. The minimum absolute atomic E-state index is 0.0539. The fourth-order valence-corrected chi connectivity index (χ4v) is 1.37. The lowest BCUT2D eigenvalue weighted by atomic mass is 10.1. The van der Waals surface area contributed by atoms with Crippen molar-refractivity contribution in [2.24, 2.45) is 0 Å². The molecule has 0 spiro atoms. The van der Waals surface area contributed by atoms with E-state index >= 15 is 0 Å². The highest BCUT2D eigenvalue weighted by molar-refractivity contribution is 5.31. The molecule has 0 aliphatic heterocycles. The van der Waals surface area contributed by atoms with Gasteiger partial charge in [0.25, 0.3) is 5.92 Å². The Kier molecular flexibility index (Phi) is 5.31. The Morgan fingerprint density at radius 3 is 2.71 bits per heavy atom. The molecule has 1 aromatic carbocycles. The predicted molar refractivity (Wildman–Crippen MR) is 61.6 cm³/mol. The lowest BCUT2D eigenvalue weighted by Crippen LogP contribution is -2.32. The zero-order valence-corrected chi connectivity index (χ0v) is 10.0. The van der Waals surface area contributed by atoms with Crippen LogP contribution in [0.2, 0.25) is 0 Å². The lowest BCUT2D eigenvalue weighted by Gasteiger charge is -2.18. The van der Waals surface area contributed by atoms with Crippen molar-refractivity contribution < 1.29 is 18.3 Å². The zero-order valence-electron chi connectivity index (χ0n) is 10.0. The van der Waals surface area contributed by atoms with Gasteiger partial charge < -0.3 is 14.8 Å². The molecule has 0 saturated carbocycles. The van der Waals surface area contributed by atoms with Crippen LogP contribution in [-0.4, -0.2) is 33.9 Å². The van der Waals surface area contributed by atoms with Crippen LogP contribution in [0.15, 0.2) is 24.3 Å². The SMILES string of the molecule is COCCNCC(F)(F)c1cccc(OC)c1. The van der Waals surface area contributed by atoms with Crippen LogP contribution in [0.3, 0.4) is 0 Å². The Hall–Kier alpha value is -1.20. The largest absolute Gasteiger partial charge is 0.497 e. The maximum Gasteiger partial charge on any atom is 0.285 e. The second-order valence-electron chi connectivity index (χ2n) is 3.61. The molecule has 0 bridgehead atoms. The summed E-state index contributed by atoms with van der Waals surface area (Å²) in [6, 6.07) is 5.92. The summed E-state index contributed by atoms with van der Waals surface area (Å²) in [5.41, 5.74) is -0.0539. The first-order valence-corrected chi connectivity index (χ1v) is 5.32. The average Bonchev–Trinajstić information content (AvgIpc) is 2.35. The molecule has 1 aromatic rings. The van der Waals surface area contributed by atoms with Gasteiger partial charge in [-0.1, -0.05) is 12.1 Å². The van der Waals surface area contributed by atoms with Gasteiger partial charge in [0.05, 0.1) is 20.3 Å². The molecule has 0 saturated heterocycles. The minimum atomic E-state index is -2.91. The minimum Gasteiger partial charge on any atom is -0.497 e. The number of hydrogen-bond acceptors (Lipinski definition) is 3. The van der Waals surface area contributed by atoms with E-state index in [1.54, 1.807) is 12.1 Å². The van der Waals surface area contributed by atoms with Crippen molar-refractivity contribution in [2.75, 3.05) is 33.9 Å². The first kappa shape index (κ1) is 13.9. The van der Waals surface area contributed by atoms with Gasteiger partial charge in [-0.2, -0.15) is 8.78 Å². The molecule has 0 aliphatic carbocycles. The highest BCUT2D eigenvalue weighted by atomic mass is 19.3. The molecule has 0 aliphatic rings. The summed E-state index contributed by atoms with van der Waals surface area (Å²) >= 11 is 0. The Balaban J connectivity index is 2.61. The highest BCUT2D eigenvalue weighted by Gasteiger charge is 2.31. The number of halogens is 2. The van der Waals surface area contributed by atoms with Crippen molar-refractivity contribution in [2.45, 2.75) is 5.92 Å². The van der Waals surface area contributed by atoms with Crippen molar-refractivity contribution in [3.63, 3.8) is 0 Å². The fourth-order valence-electron chi connectivity index (χ4n) is 1.37. The molecule has 0 heterocycles. The molecular formula is C12H17F2NO2. The number of nitrogens with one attached hydrogen (secondary N) is 1. The molecule has 0 atom stereocenters. The van der Waals surface area contributed by atoms with Crippen LogP contribution in [0.1, 0.15) is 5.56 Å². The summed E-state index contributed by atoms with van der Waals surface area (Å²) in [5, 5.41) is 2.65. The number of alkyl halides is 2. The van der Waals surface area contributed by atoms with Gasteiger partial charge in [-0.25, -0.2) is 0 Å². The first-order valence-electron chi connectivity index (χ1n) is 5.32. The van der Waals surface area contributed by atoms with E-state index < -0.39 is 12.5 Å². The molecule has 17 heavy (non-hydrogen) atoms. The van der Waals surface area contributed by atoms with Crippen molar-refractivity contribution in [3.05, 3.63) is 29.8 Å². The van der Waals surface area contributed by atoms with Crippen LogP contribution in [0.4, 0.5) is 8.78 Å². The standard InChI is InChI=1S/C12H17F2NO2/c1-16-7-6-15-9-12(13,14)10-4-3-5-11(8-10)17-2/h3-5,8,15H,6-7,9H2,1-2H3. The fraction of sp³-hybridized carbons (Fsp3) is 0.500. The van der Waals surface area contributed by atoms with Gasteiger partial charge in [0.2, 0.25) is 0 Å². The lowest BCUT2D eigenvalue weighted by molar-refractivity contribution is -0.00433. The van der Waals surface area contributed by atoms with E-state index in [-0.39, 0.29) is 5.56 Å². The molecule has 0 radical (unpaired) electrons. The second kappa shape index (κ2) is 6.51. The van der Waals surface area contributed by atoms with Gasteiger partial charge in [0.1, 0.15) is 5.75 Å². The smallest absolute Gasteiger partial charge is 0.285 e. The third-order valence-electron chi connectivity index (χ3n) is 2.32. The van der Waals surface area contributed by atoms with Crippen molar-refractivity contribution in [3.8, 4) is 5.75 Å². The van der Waals surface area contributed by atoms with E-state index in [2.05, 4.69) is 5.32 Å². The topological polar surface area (TPSA) is 30.5 Å². The normalized spacial score (nSPS) is 11.5. The van der Waals surface area contributed by atoms with Gasteiger partial charge in [-0.15, -0.1) is 0 Å². The third-order valence-corrected chi connectivity index (χ3v) is 2.32. The molecule has 0 unspecified atom stereocenters. The van der Waals surface area contributed by atoms with Crippen molar-refractivity contribution >= 4 is 0 Å². The molecule has 0 fully saturated rings. The van der Waals surface area contributed by atoms with E-state index in [1.807, 2.05) is 0 Å². The molecule has 0 amide bonds. The molecule has 5 heteroatoms. The van der Waals surface area contributed by atoms with Crippen LogP contribution in [0, 0.1) is 0 Å². The maximum atomic E-state index is 13.7. The monoisotopic (exact) mass is 245 g/mol. The number of benzene rings is 1. The summed E-state index contributed by atoms with van der Waals surface area (Å²) in [6.45, 7) is 0.397. The summed E-state index contributed by atoms with van der Waals surface area (Å²) in [4.78, 5) is 0. The molecule has 0 aromatic heterocycles.